The summed E-state index contributed by atoms with van der Waals surface area (Å²) in [4.78, 5) is 12.1. The topological polar surface area (TPSA) is 47.6 Å². The molecule has 1 aromatic rings. The highest BCUT2D eigenvalue weighted by molar-refractivity contribution is 7.99. The first-order valence-corrected chi connectivity index (χ1v) is 7.46. The van der Waals surface area contributed by atoms with Crippen molar-refractivity contribution in [3.05, 3.63) is 24.3 Å². The monoisotopic (exact) mass is 281 g/mol. The molecule has 1 aliphatic heterocycles. The van der Waals surface area contributed by atoms with Gasteiger partial charge in [-0.2, -0.15) is 0 Å². The van der Waals surface area contributed by atoms with Crippen LogP contribution in [-0.2, 0) is 14.3 Å². The molecule has 0 saturated carbocycles. The van der Waals surface area contributed by atoms with Crippen molar-refractivity contribution < 1.29 is 14.3 Å². The van der Waals surface area contributed by atoms with Gasteiger partial charge in [-0.05, 0) is 30.7 Å². The van der Waals surface area contributed by atoms with E-state index in [1.54, 1.807) is 11.8 Å². The predicted octanol–water partition coefficient (Wildman–Crippen LogP) is 2.89. The summed E-state index contributed by atoms with van der Waals surface area (Å²) in [5.74, 6) is 0.913. The molecule has 0 spiro atoms. The van der Waals surface area contributed by atoms with Gasteiger partial charge in [0.25, 0.3) is 0 Å². The van der Waals surface area contributed by atoms with Crippen LogP contribution in [0.2, 0.25) is 0 Å². The molecule has 0 radical (unpaired) electrons. The van der Waals surface area contributed by atoms with Crippen LogP contribution >= 0.6 is 11.8 Å². The van der Waals surface area contributed by atoms with E-state index in [-0.39, 0.29) is 12.2 Å². The molecule has 1 N–H and O–H groups in total. The van der Waals surface area contributed by atoms with Gasteiger partial charge in [-0.1, -0.05) is 0 Å². The number of ether oxygens (including phenoxy) is 2. The highest BCUT2D eigenvalue weighted by Crippen LogP contribution is 2.22. The molecule has 104 valence electrons. The number of carbonyl (C=O) groups excluding carboxylic acids is 1. The van der Waals surface area contributed by atoms with Gasteiger partial charge in [-0.3, -0.25) is 4.79 Å². The highest BCUT2D eigenvalue weighted by atomic mass is 32.2. The molecule has 19 heavy (non-hydrogen) atoms. The smallest absolute Gasteiger partial charge is 0.221 e. The van der Waals surface area contributed by atoms with Crippen LogP contribution in [0.3, 0.4) is 0 Å². The van der Waals surface area contributed by atoms with Crippen molar-refractivity contribution >= 4 is 23.4 Å². The Morgan fingerprint density at radius 2 is 2.00 bits per heavy atom. The van der Waals surface area contributed by atoms with E-state index < -0.39 is 0 Å². The van der Waals surface area contributed by atoms with Crippen LogP contribution in [-0.4, -0.2) is 31.2 Å². The number of amides is 1. The van der Waals surface area contributed by atoms with Gasteiger partial charge in [-0.25, -0.2) is 0 Å². The number of anilines is 1. The third kappa shape index (κ3) is 5.22. The molecule has 0 bridgehead atoms. The summed E-state index contributed by atoms with van der Waals surface area (Å²) in [6.07, 6.45) is 1.85. The Labute approximate surface area is 117 Å². The quantitative estimate of drug-likeness (QED) is 0.843. The molecule has 1 saturated heterocycles. The summed E-state index contributed by atoms with van der Waals surface area (Å²) in [5, 5.41) is 2.75. The molecule has 0 aromatic heterocycles. The van der Waals surface area contributed by atoms with Crippen molar-refractivity contribution in [2.45, 2.75) is 31.0 Å². The molecule has 1 heterocycles. The van der Waals surface area contributed by atoms with Crippen molar-refractivity contribution in [2.24, 2.45) is 0 Å². The van der Waals surface area contributed by atoms with E-state index in [9.17, 15) is 4.79 Å². The van der Waals surface area contributed by atoms with E-state index in [0.717, 1.165) is 37.5 Å². The molecule has 0 aliphatic carbocycles. The zero-order valence-electron chi connectivity index (χ0n) is 11.1. The SMILES string of the molecule is CC(=O)Nc1ccc(SCCC2OCCCO2)cc1. The van der Waals surface area contributed by atoms with Gasteiger partial charge in [0.1, 0.15) is 0 Å². The Kier molecular flexibility index (Phi) is 5.69. The lowest BCUT2D eigenvalue weighted by atomic mass is 10.3. The van der Waals surface area contributed by atoms with E-state index >= 15 is 0 Å². The Morgan fingerprint density at radius 1 is 1.32 bits per heavy atom. The number of benzene rings is 1. The van der Waals surface area contributed by atoms with Crippen LogP contribution in [0.1, 0.15) is 19.8 Å². The minimum Gasteiger partial charge on any atom is -0.353 e. The second kappa shape index (κ2) is 7.53. The number of hydrogen-bond donors (Lipinski definition) is 1. The largest absolute Gasteiger partial charge is 0.353 e. The maximum absolute atomic E-state index is 10.9. The third-order valence-corrected chi connectivity index (χ3v) is 3.74. The number of nitrogens with one attached hydrogen (secondary N) is 1. The first kappa shape index (κ1) is 14.4. The summed E-state index contributed by atoms with van der Waals surface area (Å²) < 4.78 is 11.0. The molecule has 1 fully saturated rings. The van der Waals surface area contributed by atoms with Gasteiger partial charge in [0.15, 0.2) is 6.29 Å². The average Bonchev–Trinajstić information content (AvgIpc) is 2.41. The van der Waals surface area contributed by atoms with Crippen LogP contribution in [0.25, 0.3) is 0 Å². The minimum atomic E-state index is -0.0491. The summed E-state index contributed by atoms with van der Waals surface area (Å²) in [5.41, 5.74) is 0.829. The highest BCUT2D eigenvalue weighted by Gasteiger charge is 2.13. The predicted molar refractivity (Wildman–Crippen MR) is 76.4 cm³/mol. The maximum atomic E-state index is 10.9. The fraction of sp³-hybridized carbons (Fsp3) is 0.500. The summed E-state index contributed by atoms with van der Waals surface area (Å²) in [6, 6.07) is 7.85. The van der Waals surface area contributed by atoms with E-state index in [1.807, 2.05) is 24.3 Å². The van der Waals surface area contributed by atoms with Crippen LogP contribution < -0.4 is 5.32 Å². The van der Waals surface area contributed by atoms with Crippen LogP contribution in [0.15, 0.2) is 29.2 Å². The van der Waals surface area contributed by atoms with E-state index in [1.165, 1.54) is 11.8 Å². The van der Waals surface area contributed by atoms with Crippen LogP contribution in [0, 0.1) is 0 Å². The van der Waals surface area contributed by atoms with Gasteiger partial charge in [0, 0.05) is 29.7 Å². The number of rotatable bonds is 5. The average molecular weight is 281 g/mol. The first-order chi connectivity index (χ1) is 9.24. The van der Waals surface area contributed by atoms with Crippen LogP contribution in [0.4, 0.5) is 5.69 Å². The van der Waals surface area contributed by atoms with Crippen molar-refractivity contribution in [1.29, 1.82) is 0 Å². The Balaban J connectivity index is 1.71. The number of hydrogen-bond acceptors (Lipinski definition) is 4. The summed E-state index contributed by atoms with van der Waals surface area (Å²) in [6.45, 7) is 3.12. The van der Waals surface area contributed by atoms with Crippen molar-refractivity contribution in [3.8, 4) is 0 Å². The Morgan fingerprint density at radius 3 is 2.63 bits per heavy atom. The molecule has 5 heteroatoms. The zero-order chi connectivity index (χ0) is 13.5. The third-order valence-electron chi connectivity index (χ3n) is 2.69. The lowest BCUT2D eigenvalue weighted by Gasteiger charge is -2.22. The molecule has 1 amide bonds. The lowest BCUT2D eigenvalue weighted by molar-refractivity contribution is -0.178. The zero-order valence-corrected chi connectivity index (χ0v) is 11.9. The minimum absolute atomic E-state index is 0.0418. The first-order valence-electron chi connectivity index (χ1n) is 6.48. The number of thioether (sulfide) groups is 1. The maximum Gasteiger partial charge on any atom is 0.221 e. The fourth-order valence-corrected chi connectivity index (χ4v) is 2.69. The Bertz CT molecular complexity index is 402. The van der Waals surface area contributed by atoms with Gasteiger partial charge >= 0.3 is 0 Å². The van der Waals surface area contributed by atoms with Crippen LogP contribution in [0.5, 0.6) is 0 Å². The van der Waals surface area contributed by atoms with E-state index in [4.69, 9.17) is 9.47 Å². The second-order valence-electron chi connectivity index (χ2n) is 4.37. The fourth-order valence-electron chi connectivity index (χ4n) is 1.81. The standard InChI is InChI=1S/C14H19NO3S/c1-11(16)15-12-3-5-13(6-4-12)19-10-7-14-17-8-2-9-18-14/h3-6,14H,2,7-10H2,1H3,(H,15,16). The van der Waals surface area contributed by atoms with Gasteiger partial charge < -0.3 is 14.8 Å². The van der Waals surface area contributed by atoms with Crippen molar-refractivity contribution in [3.63, 3.8) is 0 Å². The normalized spacial score (nSPS) is 16.3. The molecule has 4 nitrogen and oxygen atoms in total. The van der Waals surface area contributed by atoms with Crippen molar-refractivity contribution in [1.82, 2.24) is 0 Å². The number of carbonyl (C=O) groups is 1. The molecular weight excluding hydrogens is 262 g/mol. The van der Waals surface area contributed by atoms with Gasteiger partial charge in [0.2, 0.25) is 5.91 Å². The lowest BCUT2D eigenvalue weighted by Crippen LogP contribution is -2.25. The summed E-state index contributed by atoms with van der Waals surface area (Å²) >= 11 is 1.77. The molecule has 1 aromatic carbocycles. The summed E-state index contributed by atoms with van der Waals surface area (Å²) in [7, 11) is 0. The van der Waals surface area contributed by atoms with E-state index in [2.05, 4.69) is 5.32 Å². The molecular formula is C14H19NO3S. The molecule has 0 unspecified atom stereocenters. The van der Waals surface area contributed by atoms with Crippen molar-refractivity contribution in [2.75, 3.05) is 24.3 Å². The van der Waals surface area contributed by atoms with Gasteiger partial charge in [0.05, 0.1) is 13.2 Å². The van der Waals surface area contributed by atoms with E-state index in [0.29, 0.717) is 0 Å². The molecule has 2 rings (SSSR count). The second-order valence-corrected chi connectivity index (χ2v) is 5.54. The Hall–Kier alpha value is -1.04. The molecule has 0 atom stereocenters. The van der Waals surface area contributed by atoms with Gasteiger partial charge in [-0.15, -0.1) is 11.8 Å². The molecule has 1 aliphatic rings.